The van der Waals surface area contributed by atoms with E-state index >= 15 is 0 Å². The van der Waals surface area contributed by atoms with Crippen LogP contribution >= 0.6 is 11.6 Å². The number of carbonyl (C=O) groups is 1. The van der Waals surface area contributed by atoms with E-state index in [1.165, 1.54) is 6.07 Å². The van der Waals surface area contributed by atoms with Crippen molar-refractivity contribution in [2.75, 3.05) is 11.9 Å². The van der Waals surface area contributed by atoms with E-state index in [4.69, 9.17) is 11.6 Å². The Bertz CT molecular complexity index is 503. The summed E-state index contributed by atoms with van der Waals surface area (Å²) in [7, 11) is 0. The van der Waals surface area contributed by atoms with Gasteiger partial charge in [-0.2, -0.15) is 13.2 Å². The van der Waals surface area contributed by atoms with Crippen molar-refractivity contribution in [3.8, 4) is 0 Å². The monoisotopic (exact) mass is 322 g/mol. The minimum atomic E-state index is -4.48. The Balaban J connectivity index is 2.68. The molecule has 1 rings (SSSR count). The van der Waals surface area contributed by atoms with Crippen molar-refractivity contribution in [2.45, 2.75) is 33.0 Å². The van der Waals surface area contributed by atoms with Crippen LogP contribution in [0.25, 0.3) is 0 Å². The van der Waals surface area contributed by atoms with Gasteiger partial charge in [0.15, 0.2) is 0 Å². The highest BCUT2D eigenvalue weighted by atomic mass is 35.5. The maximum Gasteiger partial charge on any atom is 0.416 e. The van der Waals surface area contributed by atoms with E-state index in [1.54, 1.807) is 0 Å². The third kappa shape index (κ3) is 5.83. The van der Waals surface area contributed by atoms with Crippen LogP contribution in [0.5, 0.6) is 0 Å². The van der Waals surface area contributed by atoms with Crippen LogP contribution in [-0.2, 0) is 11.0 Å². The average molecular weight is 323 g/mol. The Hall–Kier alpha value is -1.43. The highest BCUT2D eigenvalue weighted by molar-refractivity contribution is 6.30. The standard InChI is InChI=1S/C14H18ClF3N2O/c1-8(2)9(3)20-13(21)7-19-12-5-10(14(16,17)18)4-11(15)6-12/h4-6,8-9,19H,7H2,1-3H3,(H,20,21). The lowest BCUT2D eigenvalue weighted by molar-refractivity contribution is -0.137. The molecular formula is C14H18ClF3N2O. The molecule has 0 aliphatic carbocycles. The van der Waals surface area contributed by atoms with Crippen molar-refractivity contribution < 1.29 is 18.0 Å². The summed E-state index contributed by atoms with van der Waals surface area (Å²) in [4.78, 5) is 11.7. The Kier molecular flexibility index (Phi) is 5.89. The average Bonchev–Trinajstić information content (AvgIpc) is 2.34. The number of carbonyl (C=O) groups excluding carboxylic acids is 1. The van der Waals surface area contributed by atoms with Crippen LogP contribution in [0.4, 0.5) is 18.9 Å². The van der Waals surface area contributed by atoms with Gasteiger partial charge in [-0.05, 0) is 31.0 Å². The van der Waals surface area contributed by atoms with Gasteiger partial charge in [0.25, 0.3) is 0 Å². The topological polar surface area (TPSA) is 41.1 Å². The summed E-state index contributed by atoms with van der Waals surface area (Å²) >= 11 is 5.66. The Morgan fingerprint density at radius 2 is 1.86 bits per heavy atom. The maximum absolute atomic E-state index is 12.6. The van der Waals surface area contributed by atoms with E-state index in [9.17, 15) is 18.0 Å². The quantitative estimate of drug-likeness (QED) is 0.862. The van der Waals surface area contributed by atoms with E-state index in [2.05, 4.69) is 10.6 Å². The molecule has 2 N–H and O–H groups in total. The third-order valence-electron chi connectivity index (χ3n) is 3.07. The van der Waals surface area contributed by atoms with E-state index in [0.29, 0.717) is 0 Å². The first-order valence-corrected chi connectivity index (χ1v) is 6.88. The number of benzene rings is 1. The lowest BCUT2D eigenvalue weighted by Crippen LogP contribution is -2.39. The van der Waals surface area contributed by atoms with E-state index < -0.39 is 11.7 Å². The van der Waals surface area contributed by atoms with E-state index in [-0.39, 0.29) is 35.1 Å². The maximum atomic E-state index is 12.6. The second kappa shape index (κ2) is 7.02. The van der Waals surface area contributed by atoms with Gasteiger partial charge in [-0.1, -0.05) is 25.4 Å². The Morgan fingerprint density at radius 1 is 1.24 bits per heavy atom. The van der Waals surface area contributed by atoms with Crippen LogP contribution in [0.2, 0.25) is 5.02 Å². The fourth-order valence-electron chi connectivity index (χ4n) is 1.51. The molecule has 1 unspecified atom stereocenters. The lowest BCUT2D eigenvalue weighted by Gasteiger charge is -2.18. The summed E-state index contributed by atoms with van der Waals surface area (Å²) in [5.41, 5.74) is -0.698. The molecule has 0 fully saturated rings. The second-order valence-electron chi connectivity index (χ2n) is 5.18. The number of alkyl halides is 3. The summed E-state index contributed by atoms with van der Waals surface area (Å²) in [6.07, 6.45) is -4.48. The van der Waals surface area contributed by atoms with Crippen LogP contribution in [0.1, 0.15) is 26.3 Å². The number of amides is 1. The smallest absolute Gasteiger partial charge is 0.376 e. The molecule has 0 spiro atoms. The predicted octanol–water partition coefficient (Wildman–Crippen LogP) is 3.93. The number of halogens is 4. The first kappa shape index (κ1) is 17.6. The van der Waals surface area contributed by atoms with E-state index in [1.807, 2.05) is 20.8 Å². The summed E-state index contributed by atoms with van der Waals surface area (Å²) in [5, 5.41) is 5.36. The minimum Gasteiger partial charge on any atom is -0.376 e. The molecule has 1 aromatic carbocycles. The van der Waals surface area contributed by atoms with Gasteiger partial charge < -0.3 is 10.6 Å². The highest BCUT2D eigenvalue weighted by Crippen LogP contribution is 2.33. The van der Waals surface area contributed by atoms with Gasteiger partial charge in [-0.25, -0.2) is 0 Å². The lowest BCUT2D eigenvalue weighted by atomic mass is 10.1. The molecule has 3 nitrogen and oxygen atoms in total. The van der Waals surface area contributed by atoms with Gasteiger partial charge in [-0.3, -0.25) is 4.79 Å². The summed E-state index contributed by atoms with van der Waals surface area (Å²) in [6.45, 7) is 5.67. The first-order valence-electron chi connectivity index (χ1n) is 6.50. The number of nitrogens with one attached hydrogen (secondary N) is 2. The summed E-state index contributed by atoms with van der Waals surface area (Å²) in [6, 6.07) is 3.10. The van der Waals surface area contributed by atoms with Gasteiger partial charge in [0.1, 0.15) is 0 Å². The fraction of sp³-hybridized carbons (Fsp3) is 0.500. The van der Waals surface area contributed by atoms with Gasteiger partial charge in [0.2, 0.25) is 5.91 Å². The third-order valence-corrected chi connectivity index (χ3v) is 3.29. The van der Waals surface area contributed by atoms with Gasteiger partial charge in [0.05, 0.1) is 12.1 Å². The molecule has 0 aliphatic rings. The normalized spacial score (nSPS) is 13.1. The number of hydrogen-bond donors (Lipinski definition) is 2. The summed E-state index contributed by atoms with van der Waals surface area (Å²) in [5.74, 6) is -0.0123. The SMILES string of the molecule is CC(C)C(C)NC(=O)CNc1cc(Cl)cc(C(F)(F)F)c1. The molecule has 1 aromatic rings. The van der Waals surface area contributed by atoms with Crippen molar-refractivity contribution in [1.82, 2.24) is 5.32 Å². The number of anilines is 1. The predicted molar refractivity (Wildman–Crippen MR) is 77.4 cm³/mol. The molecule has 0 aromatic heterocycles. The van der Waals surface area contributed by atoms with Crippen LogP contribution in [-0.4, -0.2) is 18.5 Å². The fourth-order valence-corrected chi connectivity index (χ4v) is 1.74. The molecule has 0 saturated carbocycles. The summed E-state index contributed by atoms with van der Waals surface area (Å²) < 4.78 is 37.9. The molecule has 1 amide bonds. The van der Waals surface area contributed by atoms with Crippen LogP contribution in [0, 0.1) is 5.92 Å². The molecular weight excluding hydrogens is 305 g/mol. The molecule has 1 atom stereocenters. The zero-order chi connectivity index (χ0) is 16.2. The molecule has 0 radical (unpaired) electrons. The van der Waals surface area contributed by atoms with E-state index in [0.717, 1.165) is 12.1 Å². The molecule has 0 heterocycles. The second-order valence-corrected chi connectivity index (χ2v) is 5.62. The van der Waals surface area contributed by atoms with Crippen LogP contribution < -0.4 is 10.6 Å². The van der Waals surface area contributed by atoms with Crippen LogP contribution in [0.15, 0.2) is 18.2 Å². The number of rotatable bonds is 5. The van der Waals surface area contributed by atoms with Gasteiger partial charge in [0, 0.05) is 16.8 Å². The molecule has 21 heavy (non-hydrogen) atoms. The molecule has 7 heteroatoms. The Labute approximate surface area is 126 Å². The van der Waals surface area contributed by atoms with Crippen molar-refractivity contribution in [3.63, 3.8) is 0 Å². The van der Waals surface area contributed by atoms with Crippen molar-refractivity contribution >= 4 is 23.2 Å². The van der Waals surface area contributed by atoms with Crippen LogP contribution in [0.3, 0.4) is 0 Å². The molecule has 0 aliphatic heterocycles. The first-order chi connectivity index (χ1) is 9.59. The van der Waals surface area contributed by atoms with Crippen molar-refractivity contribution in [3.05, 3.63) is 28.8 Å². The number of hydrogen-bond acceptors (Lipinski definition) is 2. The molecule has 118 valence electrons. The van der Waals surface area contributed by atoms with Crippen molar-refractivity contribution in [1.29, 1.82) is 0 Å². The molecule has 0 bridgehead atoms. The molecule has 0 saturated heterocycles. The zero-order valence-electron chi connectivity index (χ0n) is 12.0. The van der Waals surface area contributed by atoms with Gasteiger partial charge in [-0.15, -0.1) is 0 Å². The zero-order valence-corrected chi connectivity index (χ0v) is 12.8. The highest BCUT2D eigenvalue weighted by Gasteiger charge is 2.31. The largest absolute Gasteiger partial charge is 0.416 e. The van der Waals surface area contributed by atoms with Crippen molar-refractivity contribution in [2.24, 2.45) is 5.92 Å². The Morgan fingerprint density at radius 3 is 2.38 bits per heavy atom. The minimum absolute atomic E-state index is 0.00982. The van der Waals surface area contributed by atoms with Gasteiger partial charge >= 0.3 is 6.18 Å².